The second-order valence-corrected chi connectivity index (χ2v) is 4.57. The van der Waals surface area contributed by atoms with Gasteiger partial charge in [0.1, 0.15) is 6.07 Å². The van der Waals surface area contributed by atoms with Gasteiger partial charge in [-0.25, -0.2) is 0 Å². The summed E-state index contributed by atoms with van der Waals surface area (Å²) < 4.78 is 0. The summed E-state index contributed by atoms with van der Waals surface area (Å²) in [4.78, 5) is 4.07. The van der Waals surface area contributed by atoms with E-state index in [1.165, 1.54) is 0 Å². The normalized spacial score (nSPS) is 10.2. The molecule has 0 aliphatic heterocycles. The average molecular weight is 272 g/mol. The summed E-state index contributed by atoms with van der Waals surface area (Å²) in [6, 6.07) is 9.77. The van der Waals surface area contributed by atoms with E-state index in [2.05, 4.69) is 23.3 Å². The molecule has 0 bridgehead atoms. The van der Waals surface area contributed by atoms with Crippen LogP contribution in [0.2, 0.25) is 5.02 Å². The van der Waals surface area contributed by atoms with E-state index >= 15 is 0 Å². The third kappa shape index (κ3) is 3.31. The molecule has 0 amide bonds. The minimum Gasteiger partial charge on any atom is -0.313 e. The molecule has 0 saturated carbocycles. The van der Waals surface area contributed by atoms with Gasteiger partial charge in [-0.05, 0) is 35.9 Å². The molecule has 0 saturated heterocycles. The van der Waals surface area contributed by atoms with E-state index in [1.807, 2.05) is 24.3 Å². The van der Waals surface area contributed by atoms with Gasteiger partial charge in [-0.3, -0.25) is 4.98 Å². The molecule has 0 fully saturated rings. The maximum Gasteiger partial charge on any atom is 0.101 e. The van der Waals surface area contributed by atoms with Crippen molar-refractivity contribution in [3.63, 3.8) is 0 Å². The minimum absolute atomic E-state index is 0.556. The first-order valence-corrected chi connectivity index (χ1v) is 6.47. The number of aromatic nitrogens is 1. The van der Waals surface area contributed by atoms with Gasteiger partial charge in [0.05, 0.1) is 5.56 Å². The van der Waals surface area contributed by atoms with Crippen LogP contribution in [0, 0.1) is 11.3 Å². The van der Waals surface area contributed by atoms with Crippen LogP contribution in [-0.4, -0.2) is 11.5 Å². The highest BCUT2D eigenvalue weighted by atomic mass is 35.5. The van der Waals surface area contributed by atoms with E-state index < -0.39 is 0 Å². The molecule has 96 valence electrons. The smallest absolute Gasteiger partial charge is 0.101 e. The van der Waals surface area contributed by atoms with E-state index in [9.17, 15) is 0 Å². The predicted molar refractivity (Wildman–Crippen MR) is 76.8 cm³/mol. The Morgan fingerprint density at radius 3 is 2.84 bits per heavy atom. The highest BCUT2D eigenvalue weighted by molar-refractivity contribution is 6.31. The van der Waals surface area contributed by atoms with Crippen molar-refractivity contribution in [1.29, 1.82) is 5.26 Å². The Kier molecular flexibility index (Phi) is 4.51. The third-order valence-corrected chi connectivity index (χ3v) is 3.18. The van der Waals surface area contributed by atoms with Crippen molar-refractivity contribution in [3.05, 3.63) is 52.8 Å². The fourth-order valence-electron chi connectivity index (χ4n) is 1.81. The maximum atomic E-state index is 8.90. The van der Waals surface area contributed by atoms with Gasteiger partial charge in [0.15, 0.2) is 0 Å². The lowest BCUT2D eigenvalue weighted by molar-refractivity contribution is 0.727. The lowest BCUT2D eigenvalue weighted by Gasteiger charge is -2.08. The Hall–Kier alpha value is -1.89. The zero-order valence-electron chi connectivity index (χ0n) is 10.7. The molecule has 1 heterocycles. The molecule has 0 aliphatic rings. The topological polar surface area (TPSA) is 48.7 Å². The van der Waals surface area contributed by atoms with Crippen molar-refractivity contribution in [2.24, 2.45) is 0 Å². The average Bonchev–Trinajstić information content (AvgIpc) is 2.46. The highest BCUT2D eigenvalue weighted by Gasteiger charge is 2.05. The van der Waals surface area contributed by atoms with Gasteiger partial charge in [0.25, 0.3) is 0 Å². The summed E-state index contributed by atoms with van der Waals surface area (Å²) >= 11 is 6.17. The first-order chi connectivity index (χ1) is 9.24. The molecule has 0 radical (unpaired) electrons. The molecule has 0 spiro atoms. The molecule has 0 unspecified atom stereocenters. The zero-order valence-corrected chi connectivity index (χ0v) is 11.4. The molecule has 1 N–H and O–H groups in total. The van der Waals surface area contributed by atoms with Crippen molar-refractivity contribution in [1.82, 2.24) is 10.3 Å². The molecule has 3 nitrogen and oxygen atoms in total. The second kappa shape index (κ2) is 6.33. The zero-order chi connectivity index (χ0) is 13.7. The molecule has 1 aromatic carbocycles. The van der Waals surface area contributed by atoms with Crippen LogP contribution >= 0.6 is 11.6 Å². The van der Waals surface area contributed by atoms with E-state index in [4.69, 9.17) is 16.9 Å². The summed E-state index contributed by atoms with van der Waals surface area (Å²) in [5, 5.41) is 12.9. The van der Waals surface area contributed by atoms with Crippen molar-refractivity contribution in [2.75, 3.05) is 6.54 Å². The van der Waals surface area contributed by atoms with Gasteiger partial charge < -0.3 is 5.32 Å². The van der Waals surface area contributed by atoms with Crippen LogP contribution in [0.25, 0.3) is 11.1 Å². The van der Waals surface area contributed by atoms with Gasteiger partial charge in [0.2, 0.25) is 0 Å². The third-order valence-electron chi connectivity index (χ3n) is 2.81. The molecule has 2 rings (SSSR count). The summed E-state index contributed by atoms with van der Waals surface area (Å²) in [7, 11) is 0. The number of nitrogens with one attached hydrogen (secondary N) is 1. The predicted octanol–water partition coefficient (Wildman–Crippen LogP) is 3.38. The molecular weight excluding hydrogens is 258 g/mol. The lowest BCUT2D eigenvalue weighted by Crippen LogP contribution is -2.12. The van der Waals surface area contributed by atoms with Gasteiger partial charge in [-0.15, -0.1) is 0 Å². The van der Waals surface area contributed by atoms with Gasteiger partial charge in [-0.2, -0.15) is 5.26 Å². The fourth-order valence-corrected chi connectivity index (χ4v) is 1.99. The largest absolute Gasteiger partial charge is 0.313 e. The Bertz CT molecular complexity index is 617. The summed E-state index contributed by atoms with van der Waals surface area (Å²) in [6.07, 6.45) is 3.31. The fraction of sp³-hybridized carbons (Fsp3) is 0.200. The van der Waals surface area contributed by atoms with Crippen LogP contribution < -0.4 is 5.32 Å². The van der Waals surface area contributed by atoms with Crippen LogP contribution in [0.3, 0.4) is 0 Å². The van der Waals surface area contributed by atoms with E-state index in [0.29, 0.717) is 5.56 Å². The number of benzene rings is 1. The van der Waals surface area contributed by atoms with Crippen molar-refractivity contribution in [3.8, 4) is 17.2 Å². The Labute approximate surface area is 117 Å². The quantitative estimate of drug-likeness (QED) is 0.927. The second-order valence-electron chi connectivity index (χ2n) is 4.16. The molecule has 4 heteroatoms. The van der Waals surface area contributed by atoms with Crippen molar-refractivity contribution < 1.29 is 0 Å². The number of halogens is 1. The maximum absolute atomic E-state index is 8.90. The Morgan fingerprint density at radius 1 is 1.26 bits per heavy atom. The van der Waals surface area contributed by atoms with Gasteiger partial charge in [0, 0.05) is 29.5 Å². The highest BCUT2D eigenvalue weighted by Crippen LogP contribution is 2.25. The van der Waals surface area contributed by atoms with Crippen LogP contribution in [0.1, 0.15) is 18.1 Å². The summed E-state index contributed by atoms with van der Waals surface area (Å²) in [5.41, 5.74) is 3.54. The number of hydrogen-bond acceptors (Lipinski definition) is 3. The SMILES string of the molecule is CCNCc1cc(-c2cncc(C#N)c2)ccc1Cl. The van der Waals surface area contributed by atoms with E-state index in [-0.39, 0.29) is 0 Å². The first-order valence-electron chi connectivity index (χ1n) is 6.09. The van der Waals surface area contributed by atoms with Crippen molar-refractivity contribution in [2.45, 2.75) is 13.5 Å². The standard InChI is InChI=1S/C15H14ClN3/c1-2-18-10-14-6-12(3-4-15(14)16)13-5-11(7-17)8-19-9-13/h3-6,8-9,18H,2,10H2,1H3. The molecule has 19 heavy (non-hydrogen) atoms. The minimum atomic E-state index is 0.556. The summed E-state index contributed by atoms with van der Waals surface area (Å²) in [6.45, 7) is 3.68. The molecule has 0 aliphatic carbocycles. The number of pyridine rings is 1. The van der Waals surface area contributed by atoms with Gasteiger partial charge >= 0.3 is 0 Å². The molecular formula is C15H14ClN3. The van der Waals surface area contributed by atoms with E-state index in [1.54, 1.807) is 12.4 Å². The number of nitrogens with zero attached hydrogens (tertiary/aromatic N) is 2. The van der Waals surface area contributed by atoms with Crippen LogP contribution in [0.5, 0.6) is 0 Å². The van der Waals surface area contributed by atoms with Crippen LogP contribution in [0.4, 0.5) is 0 Å². The van der Waals surface area contributed by atoms with Crippen molar-refractivity contribution >= 4 is 11.6 Å². The lowest BCUT2D eigenvalue weighted by atomic mass is 10.0. The number of nitriles is 1. The monoisotopic (exact) mass is 271 g/mol. The van der Waals surface area contributed by atoms with Crippen LogP contribution in [0.15, 0.2) is 36.7 Å². The molecule has 1 aromatic heterocycles. The summed E-state index contributed by atoms with van der Waals surface area (Å²) in [5.74, 6) is 0. The first kappa shape index (κ1) is 13.5. The van der Waals surface area contributed by atoms with E-state index in [0.717, 1.165) is 34.8 Å². The Balaban J connectivity index is 2.37. The van der Waals surface area contributed by atoms with Crippen LogP contribution in [-0.2, 0) is 6.54 Å². The van der Waals surface area contributed by atoms with Gasteiger partial charge in [-0.1, -0.05) is 24.6 Å². The molecule has 2 aromatic rings. The molecule has 0 atom stereocenters. The number of rotatable bonds is 4. The Morgan fingerprint density at radius 2 is 2.11 bits per heavy atom. The number of hydrogen-bond donors (Lipinski definition) is 1.